The van der Waals surface area contributed by atoms with Gasteiger partial charge >= 0.3 is 5.97 Å². The lowest BCUT2D eigenvalue weighted by atomic mass is 9.79. The summed E-state index contributed by atoms with van der Waals surface area (Å²) in [6.45, 7) is 1.90. The second-order valence-electron chi connectivity index (χ2n) is 6.67. The van der Waals surface area contributed by atoms with Crippen LogP contribution in [0.5, 0.6) is 0 Å². The van der Waals surface area contributed by atoms with Crippen LogP contribution in [-0.2, 0) is 20.7 Å². The van der Waals surface area contributed by atoms with E-state index in [0.29, 0.717) is 12.0 Å². The Bertz CT molecular complexity index is 999. The Morgan fingerprint density at radius 1 is 1.21 bits per heavy atom. The average Bonchev–Trinajstić information content (AvgIpc) is 2.95. The maximum atomic E-state index is 12.9. The van der Waals surface area contributed by atoms with E-state index in [1.54, 1.807) is 6.92 Å². The number of hydrogen-bond acceptors (Lipinski definition) is 4. The van der Waals surface area contributed by atoms with E-state index in [9.17, 15) is 9.59 Å². The summed E-state index contributed by atoms with van der Waals surface area (Å²) >= 11 is 0. The first kappa shape index (κ1) is 13.7. The van der Waals surface area contributed by atoms with Crippen LogP contribution in [0, 0.1) is 11.8 Å². The third-order valence-electron chi connectivity index (χ3n) is 5.33. The standard InChI is InChI=1S/C20H15NO3/c1-10-13-8-14-15(19(22)16(13)9-24-20(10)23)7-12-6-11-4-2-3-5-17(11)21-18(12)14/h2-6,8,10,15H,7,9H2,1H3/t10-,15?/m0/s1. The quantitative estimate of drug-likeness (QED) is 0.701. The normalized spacial score (nSPS) is 25.1. The predicted octanol–water partition coefficient (Wildman–Crippen LogP) is 2.86. The first-order chi connectivity index (χ1) is 11.6. The van der Waals surface area contributed by atoms with Gasteiger partial charge in [-0.3, -0.25) is 9.59 Å². The zero-order valence-corrected chi connectivity index (χ0v) is 13.2. The molecule has 3 aliphatic rings. The van der Waals surface area contributed by atoms with Gasteiger partial charge in [0.1, 0.15) is 6.61 Å². The molecule has 1 aromatic carbocycles. The number of benzene rings is 1. The van der Waals surface area contributed by atoms with Crippen LogP contribution in [0.3, 0.4) is 0 Å². The number of allylic oxidation sites excluding steroid dienone is 2. The molecular weight excluding hydrogens is 302 g/mol. The van der Waals surface area contributed by atoms with Gasteiger partial charge in [-0.05, 0) is 42.2 Å². The minimum absolute atomic E-state index is 0.0870. The molecule has 0 saturated heterocycles. The summed E-state index contributed by atoms with van der Waals surface area (Å²) in [7, 11) is 0. The number of para-hydroxylation sites is 1. The Balaban J connectivity index is 1.72. The van der Waals surface area contributed by atoms with Gasteiger partial charge < -0.3 is 4.74 Å². The minimum Gasteiger partial charge on any atom is -0.460 e. The van der Waals surface area contributed by atoms with E-state index < -0.39 is 5.92 Å². The first-order valence-electron chi connectivity index (χ1n) is 8.18. The molecular formula is C20H15NO3. The molecule has 2 aliphatic carbocycles. The van der Waals surface area contributed by atoms with Gasteiger partial charge in [0.05, 0.1) is 23.0 Å². The van der Waals surface area contributed by atoms with Crippen LogP contribution in [0.2, 0.25) is 0 Å². The lowest BCUT2D eigenvalue weighted by Gasteiger charge is -2.28. The third kappa shape index (κ3) is 1.71. The number of ether oxygens (including phenoxy) is 1. The average molecular weight is 317 g/mol. The third-order valence-corrected chi connectivity index (χ3v) is 5.33. The minimum atomic E-state index is -0.393. The molecule has 2 atom stereocenters. The van der Waals surface area contributed by atoms with E-state index in [-0.39, 0.29) is 24.3 Å². The van der Waals surface area contributed by atoms with Gasteiger partial charge in [-0.25, -0.2) is 4.98 Å². The number of rotatable bonds is 0. The van der Waals surface area contributed by atoms with Crippen molar-refractivity contribution >= 4 is 28.2 Å². The number of hydrogen-bond donors (Lipinski definition) is 0. The number of ketones is 1. The van der Waals surface area contributed by atoms with Crippen molar-refractivity contribution in [2.24, 2.45) is 11.8 Å². The number of aromatic nitrogens is 1. The number of cyclic esters (lactones) is 1. The fraction of sp³-hybridized carbons (Fsp3) is 0.250. The molecule has 0 bridgehead atoms. The van der Waals surface area contributed by atoms with Gasteiger partial charge in [-0.2, -0.15) is 0 Å². The Morgan fingerprint density at radius 2 is 2.04 bits per heavy atom. The topological polar surface area (TPSA) is 56.3 Å². The fourth-order valence-corrected chi connectivity index (χ4v) is 4.01. The molecule has 0 amide bonds. The number of esters is 1. The molecule has 2 heterocycles. The molecule has 24 heavy (non-hydrogen) atoms. The summed E-state index contributed by atoms with van der Waals surface area (Å²) in [5, 5.41) is 1.09. The Hall–Kier alpha value is -2.75. The SMILES string of the molecule is C[C@@H]1C(=O)OCC2=C1C=C1c3nc4ccccc4cc3CC1C2=O. The van der Waals surface area contributed by atoms with Gasteiger partial charge in [-0.15, -0.1) is 0 Å². The second kappa shape index (κ2) is 4.63. The van der Waals surface area contributed by atoms with Gasteiger partial charge in [-0.1, -0.05) is 24.3 Å². The van der Waals surface area contributed by atoms with Crippen LogP contribution in [0.25, 0.3) is 16.5 Å². The summed E-state index contributed by atoms with van der Waals surface area (Å²) in [5.41, 5.74) is 5.38. The number of Topliss-reactive ketones (excluding diaryl/α,β-unsaturated/α-hetero) is 1. The van der Waals surface area contributed by atoms with Crippen molar-refractivity contribution < 1.29 is 14.3 Å². The number of carbonyl (C=O) groups is 2. The van der Waals surface area contributed by atoms with Crippen LogP contribution < -0.4 is 0 Å². The molecule has 0 fully saturated rings. The lowest BCUT2D eigenvalue weighted by Crippen LogP contribution is -2.33. The lowest BCUT2D eigenvalue weighted by molar-refractivity contribution is -0.147. The van der Waals surface area contributed by atoms with E-state index in [0.717, 1.165) is 33.3 Å². The highest BCUT2D eigenvalue weighted by Crippen LogP contribution is 2.45. The summed E-state index contributed by atoms with van der Waals surface area (Å²) in [6, 6.07) is 10.1. The van der Waals surface area contributed by atoms with E-state index in [1.807, 2.05) is 30.3 Å². The van der Waals surface area contributed by atoms with E-state index in [4.69, 9.17) is 9.72 Å². The molecule has 4 heteroatoms. The summed E-state index contributed by atoms with van der Waals surface area (Å²) in [5.74, 6) is -0.756. The van der Waals surface area contributed by atoms with Crippen molar-refractivity contribution in [3.05, 3.63) is 58.8 Å². The van der Waals surface area contributed by atoms with Crippen molar-refractivity contribution in [2.45, 2.75) is 13.3 Å². The molecule has 1 aliphatic heterocycles. The summed E-state index contributed by atoms with van der Waals surface area (Å²) in [6.07, 6.45) is 2.69. The molecule has 0 N–H and O–H groups in total. The smallest absolute Gasteiger partial charge is 0.313 e. The zero-order chi connectivity index (χ0) is 16.4. The highest BCUT2D eigenvalue weighted by Gasteiger charge is 2.42. The number of nitrogens with zero attached hydrogens (tertiary/aromatic N) is 1. The van der Waals surface area contributed by atoms with E-state index >= 15 is 0 Å². The molecule has 2 aromatic rings. The Morgan fingerprint density at radius 3 is 2.92 bits per heavy atom. The summed E-state index contributed by atoms with van der Waals surface area (Å²) in [4.78, 5) is 29.6. The first-order valence-corrected chi connectivity index (χ1v) is 8.18. The largest absolute Gasteiger partial charge is 0.460 e. The molecule has 4 nitrogen and oxygen atoms in total. The van der Waals surface area contributed by atoms with Crippen molar-refractivity contribution in [3.8, 4) is 0 Å². The van der Waals surface area contributed by atoms with Crippen LogP contribution in [0.4, 0.5) is 0 Å². The Labute approximate surface area is 138 Å². The van der Waals surface area contributed by atoms with Crippen molar-refractivity contribution in [2.75, 3.05) is 6.61 Å². The number of carbonyl (C=O) groups excluding carboxylic acids is 2. The van der Waals surface area contributed by atoms with Crippen LogP contribution in [0.1, 0.15) is 18.2 Å². The van der Waals surface area contributed by atoms with Crippen molar-refractivity contribution in [1.82, 2.24) is 4.98 Å². The highest BCUT2D eigenvalue weighted by molar-refractivity contribution is 6.11. The molecule has 0 radical (unpaired) electrons. The fourth-order valence-electron chi connectivity index (χ4n) is 4.01. The number of pyridine rings is 1. The summed E-state index contributed by atoms with van der Waals surface area (Å²) < 4.78 is 5.16. The van der Waals surface area contributed by atoms with Gasteiger partial charge in [0, 0.05) is 11.0 Å². The van der Waals surface area contributed by atoms with Gasteiger partial charge in [0.15, 0.2) is 5.78 Å². The molecule has 0 spiro atoms. The second-order valence-corrected chi connectivity index (χ2v) is 6.67. The molecule has 0 saturated carbocycles. The van der Waals surface area contributed by atoms with Crippen molar-refractivity contribution in [3.63, 3.8) is 0 Å². The number of fused-ring (bicyclic) bond motifs is 4. The van der Waals surface area contributed by atoms with Crippen molar-refractivity contribution in [1.29, 1.82) is 0 Å². The predicted molar refractivity (Wildman–Crippen MR) is 89.1 cm³/mol. The molecule has 5 rings (SSSR count). The van der Waals surface area contributed by atoms with E-state index in [2.05, 4.69) is 6.07 Å². The molecule has 1 aromatic heterocycles. The molecule has 118 valence electrons. The van der Waals surface area contributed by atoms with Gasteiger partial charge in [0.2, 0.25) is 0 Å². The highest BCUT2D eigenvalue weighted by atomic mass is 16.5. The zero-order valence-electron chi connectivity index (χ0n) is 13.2. The monoisotopic (exact) mass is 317 g/mol. The maximum Gasteiger partial charge on any atom is 0.313 e. The maximum absolute atomic E-state index is 12.9. The molecule has 1 unspecified atom stereocenters. The van der Waals surface area contributed by atoms with Gasteiger partial charge in [0.25, 0.3) is 0 Å². The van der Waals surface area contributed by atoms with Crippen LogP contribution in [0.15, 0.2) is 47.6 Å². The van der Waals surface area contributed by atoms with Crippen LogP contribution >= 0.6 is 0 Å². The Kier molecular flexibility index (Phi) is 2.64. The van der Waals surface area contributed by atoms with E-state index in [1.165, 1.54) is 0 Å². The van der Waals surface area contributed by atoms with Crippen LogP contribution in [-0.4, -0.2) is 23.3 Å².